The van der Waals surface area contributed by atoms with Gasteiger partial charge in [-0.15, -0.1) is 0 Å². The number of ketones is 4. The third-order valence-corrected chi connectivity index (χ3v) is 4.57. The molecule has 31 heavy (non-hydrogen) atoms. The van der Waals surface area contributed by atoms with Crippen LogP contribution in [-0.4, -0.2) is 52.4 Å². The van der Waals surface area contributed by atoms with Gasteiger partial charge >= 0.3 is 0 Å². The average Bonchev–Trinajstić information content (AvgIpc) is 3.23. The van der Waals surface area contributed by atoms with Crippen molar-refractivity contribution in [2.24, 2.45) is 0 Å². The molecule has 1 heterocycles. The molecule has 0 aliphatic carbocycles. The number of hydrogen-bond donors (Lipinski definition) is 3. The Labute approximate surface area is 175 Å². The Morgan fingerprint density at radius 1 is 0.871 bits per heavy atom. The van der Waals surface area contributed by atoms with Gasteiger partial charge in [0.25, 0.3) is 0 Å². The first-order valence-electron chi connectivity index (χ1n) is 9.10. The van der Waals surface area contributed by atoms with E-state index in [1.807, 2.05) is 0 Å². The van der Waals surface area contributed by atoms with Gasteiger partial charge in [-0.05, 0) is 30.7 Å². The van der Waals surface area contributed by atoms with Gasteiger partial charge < -0.3 is 29.5 Å². The lowest BCUT2D eigenvalue weighted by atomic mass is 9.99. The van der Waals surface area contributed by atoms with Crippen LogP contribution in [0.4, 0.5) is 0 Å². The van der Waals surface area contributed by atoms with E-state index >= 15 is 0 Å². The topological polar surface area (TPSA) is 157 Å². The van der Waals surface area contributed by atoms with Crippen LogP contribution in [0, 0.1) is 0 Å². The summed E-state index contributed by atoms with van der Waals surface area (Å²) in [4.78, 5) is 48.8. The first-order valence-corrected chi connectivity index (χ1v) is 9.10. The fourth-order valence-electron chi connectivity index (χ4n) is 2.95. The van der Waals surface area contributed by atoms with E-state index in [9.17, 15) is 34.5 Å². The number of aromatic hydroxyl groups is 3. The molecule has 162 valence electrons. The van der Waals surface area contributed by atoms with Crippen molar-refractivity contribution >= 4 is 23.1 Å². The maximum absolute atomic E-state index is 12.4. The molecule has 10 nitrogen and oxygen atoms in total. The van der Waals surface area contributed by atoms with E-state index < -0.39 is 40.4 Å². The summed E-state index contributed by atoms with van der Waals surface area (Å²) < 4.78 is 15.6. The number of hydrogen-bond acceptors (Lipinski definition) is 10. The molecule has 0 unspecified atom stereocenters. The third kappa shape index (κ3) is 4.42. The number of rotatable bonds is 9. The summed E-state index contributed by atoms with van der Waals surface area (Å²) in [5.41, 5.74) is -0.267. The van der Waals surface area contributed by atoms with Crippen LogP contribution in [0.2, 0.25) is 0 Å². The summed E-state index contributed by atoms with van der Waals surface area (Å²) in [6.45, 7) is -0.0377. The third-order valence-electron chi connectivity index (χ3n) is 4.57. The highest BCUT2D eigenvalue weighted by Gasteiger charge is 2.25. The predicted octanol–water partition coefficient (Wildman–Crippen LogP) is 1.91. The second-order valence-corrected chi connectivity index (χ2v) is 6.63. The second-order valence-electron chi connectivity index (χ2n) is 6.63. The fourth-order valence-corrected chi connectivity index (χ4v) is 2.95. The first kappa shape index (κ1) is 21.6. The number of carbonyl (C=O) groups is 4. The first-order chi connectivity index (χ1) is 14.7. The van der Waals surface area contributed by atoms with Gasteiger partial charge in [-0.1, -0.05) is 0 Å². The van der Waals surface area contributed by atoms with Gasteiger partial charge in [-0.2, -0.15) is 0 Å². The number of benzene rings is 2. The second kappa shape index (κ2) is 8.74. The summed E-state index contributed by atoms with van der Waals surface area (Å²) in [6.07, 6.45) is -0.668. The van der Waals surface area contributed by atoms with Crippen molar-refractivity contribution in [3.8, 4) is 34.5 Å². The standard InChI is InChI=1S/C21H18O10/c1-29-16-7-11(8-17-21(16)31-9-30-17)19(27)13(23)4-2-3-12(22)18(26)10-5-14(24)20(28)15(25)6-10/h5-8,24-25,28H,2-4,9H2,1H3. The van der Waals surface area contributed by atoms with E-state index in [4.69, 9.17) is 14.2 Å². The minimum absolute atomic E-state index is 0.0377. The molecule has 0 spiro atoms. The zero-order valence-corrected chi connectivity index (χ0v) is 16.3. The molecule has 1 aliphatic rings. The summed E-state index contributed by atoms with van der Waals surface area (Å²) in [7, 11) is 1.38. The van der Waals surface area contributed by atoms with Crippen LogP contribution in [0.25, 0.3) is 0 Å². The molecule has 0 saturated heterocycles. The number of Topliss-reactive ketones (excluding diaryl/α,β-unsaturated/α-hetero) is 4. The zero-order valence-electron chi connectivity index (χ0n) is 16.3. The number of ether oxygens (including phenoxy) is 3. The number of phenolic OH excluding ortho intramolecular Hbond substituents is 3. The molecule has 3 N–H and O–H groups in total. The Morgan fingerprint density at radius 3 is 1.97 bits per heavy atom. The lowest BCUT2D eigenvalue weighted by Crippen LogP contribution is -2.17. The summed E-state index contributed by atoms with van der Waals surface area (Å²) in [5.74, 6) is -4.92. The predicted molar refractivity (Wildman–Crippen MR) is 103 cm³/mol. The Hall–Kier alpha value is -4.08. The van der Waals surface area contributed by atoms with E-state index in [0.29, 0.717) is 5.75 Å². The van der Waals surface area contributed by atoms with Gasteiger partial charge in [-0.3, -0.25) is 19.2 Å². The molecule has 2 aromatic carbocycles. The molecule has 0 fully saturated rings. The van der Waals surface area contributed by atoms with Crippen molar-refractivity contribution in [1.82, 2.24) is 0 Å². The molecular formula is C21H18O10. The zero-order chi connectivity index (χ0) is 22.7. The van der Waals surface area contributed by atoms with E-state index in [0.717, 1.165) is 12.1 Å². The summed E-state index contributed by atoms with van der Waals surface area (Å²) in [5, 5.41) is 28.2. The molecule has 0 amide bonds. The highest BCUT2D eigenvalue weighted by atomic mass is 16.7. The Balaban J connectivity index is 1.59. The van der Waals surface area contributed by atoms with Gasteiger partial charge in [0.15, 0.2) is 28.7 Å². The van der Waals surface area contributed by atoms with E-state index in [1.165, 1.54) is 19.2 Å². The van der Waals surface area contributed by atoms with Crippen molar-refractivity contribution in [2.45, 2.75) is 19.3 Å². The number of phenols is 3. The number of fused-ring (bicyclic) bond motifs is 1. The van der Waals surface area contributed by atoms with Gasteiger partial charge in [0.2, 0.25) is 35.7 Å². The van der Waals surface area contributed by atoms with Crippen molar-refractivity contribution in [1.29, 1.82) is 0 Å². The van der Waals surface area contributed by atoms with E-state index in [1.54, 1.807) is 0 Å². The number of methoxy groups -OCH3 is 1. The highest BCUT2D eigenvalue weighted by Crippen LogP contribution is 2.42. The SMILES string of the molecule is COc1cc(C(=O)C(=O)CCCC(=O)C(=O)c2cc(O)c(O)c(O)c2)cc2c1OCO2. The normalized spacial score (nSPS) is 11.8. The van der Waals surface area contributed by atoms with Crippen LogP contribution >= 0.6 is 0 Å². The summed E-state index contributed by atoms with van der Waals surface area (Å²) in [6, 6.07) is 4.41. The van der Waals surface area contributed by atoms with Gasteiger partial charge in [-0.25, -0.2) is 0 Å². The Kier molecular flexibility index (Phi) is 6.10. The Bertz CT molecular complexity index is 1060. The van der Waals surface area contributed by atoms with Crippen molar-refractivity contribution in [3.63, 3.8) is 0 Å². The minimum atomic E-state index is -1.01. The van der Waals surface area contributed by atoms with Crippen molar-refractivity contribution < 1.29 is 48.7 Å². The maximum Gasteiger partial charge on any atom is 0.231 e. The largest absolute Gasteiger partial charge is 0.504 e. The van der Waals surface area contributed by atoms with Crippen LogP contribution in [0.1, 0.15) is 40.0 Å². The van der Waals surface area contributed by atoms with E-state index in [-0.39, 0.29) is 48.7 Å². The quantitative estimate of drug-likeness (QED) is 0.305. The molecular weight excluding hydrogens is 412 g/mol. The lowest BCUT2D eigenvalue weighted by Gasteiger charge is -2.07. The van der Waals surface area contributed by atoms with Gasteiger partial charge in [0, 0.05) is 24.0 Å². The lowest BCUT2D eigenvalue weighted by molar-refractivity contribution is -0.116. The smallest absolute Gasteiger partial charge is 0.231 e. The molecule has 0 bridgehead atoms. The molecule has 10 heteroatoms. The molecule has 1 aliphatic heterocycles. The van der Waals surface area contributed by atoms with Crippen LogP contribution in [0.15, 0.2) is 24.3 Å². The average molecular weight is 430 g/mol. The molecule has 0 saturated carbocycles. The molecule has 2 aromatic rings. The monoisotopic (exact) mass is 430 g/mol. The Morgan fingerprint density at radius 2 is 1.42 bits per heavy atom. The van der Waals surface area contributed by atoms with Crippen molar-refractivity contribution in [2.75, 3.05) is 13.9 Å². The van der Waals surface area contributed by atoms with E-state index in [2.05, 4.69) is 0 Å². The molecule has 0 radical (unpaired) electrons. The molecule has 0 aromatic heterocycles. The maximum atomic E-state index is 12.4. The summed E-state index contributed by atoms with van der Waals surface area (Å²) >= 11 is 0. The number of carbonyl (C=O) groups excluding carboxylic acids is 4. The minimum Gasteiger partial charge on any atom is -0.504 e. The van der Waals surface area contributed by atoms with Crippen LogP contribution in [0.5, 0.6) is 34.5 Å². The van der Waals surface area contributed by atoms with Gasteiger partial charge in [0.05, 0.1) is 7.11 Å². The molecule has 3 rings (SSSR count). The van der Waals surface area contributed by atoms with Crippen LogP contribution < -0.4 is 14.2 Å². The highest BCUT2D eigenvalue weighted by molar-refractivity contribution is 6.45. The van der Waals surface area contributed by atoms with Crippen LogP contribution in [-0.2, 0) is 9.59 Å². The molecule has 0 atom stereocenters. The fraction of sp³-hybridized carbons (Fsp3) is 0.238. The van der Waals surface area contributed by atoms with Crippen LogP contribution in [0.3, 0.4) is 0 Å². The van der Waals surface area contributed by atoms with Crippen molar-refractivity contribution in [3.05, 3.63) is 35.4 Å². The van der Waals surface area contributed by atoms with Gasteiger partial charge in [0.1, 0.15) is 0 Å².